The minimum atomic E-state index is -0.918. The largest absolute Gasteiger partial charge is 0.0672 e. The van der Waals surface area contributed by atoms with E-state index in [4.69, 9.17) is 0 Å². The normalized spacial score (nSPS) is 12.4. The Bertz CT molecular complexity index is 2020. The highest BCUT2D eigenvalue weighted by Crippen LogP contribution is 2.37. The second kappa shape index (κ2) is 16.9. The molecule has 0 aromatic heterocycles. The fraction of sp³-hybridized carbons (Fsp3) is 0.188. The van der Waals surface area contributed by atoms with Gasteiger partial charge in [0.25, 0.3) is 0 Å². The van der Waals surface area contributed by atoms with Gasteiger partial charge in [0.15, 0.2) is 0 Å². The van der Waals surface area contributed by atoms with Gasteiger partial charge in [-0.05, 0) is 154 Å². The van der Waals surface area contributed by atoms with E-state index in [9.17, 15) is 0 Å². The van der Waals surface area contributed by atoms with E-state index in [2.05, 4.69) is 189 Å². The van der Waals surface area contributed by atoms with Crippen molar-refractivity contribution in [3.05, 3.63) is 176 Å². The molecule has 0 atom stereocenters. The van der Waals surface area contributed by atoms with Crippen LogP contribution < -0.4 is 31.8 Å². The molecule has 0 amide bonds. The summed E-state index contributed by atoms with van der Waals surface area (Å²) in [5.74, 6) is 7.34. The highest BCUT2D eigenvalue weighted by molar-refractivity contribution is 7.80. The van der Waals surface area contributed by atoms with Crippen LogP contribution in [-0.4, -0.2) is 17.4 Å². The number of hydrogen-bond donors (Lipinski definition) is 0. The van der Waals surface area contributed by atoms with Crippen LogP contribution in [0.5, 0.6) is 0 Å². The van der Waals surface area contributed by atoms with Gasteiger partial charge in [0.05, 0.1) is 0 Å². The van der Waals surface area contributed by atoms with Gasteiger partial charge in [-0.25, -0.2) is 0 Å². The SMILES string of the molecule is Cc1cc(C)c(P=Cc2ccccc2P(c2ccccc2C=Pc2c(C)cc(C)cc2C)c2ccccc2C=Pc2c(C)cc(C)cc2C)c(C)c1. The monoisotopic (exact) mass is 748 g/mol. The molecule has 6 aromatic rings. The maximum atomic E-state index is 2.45. The predicted molar refractivity (Wildman–Crippen MR) is 242 cm³/mol. The average molecular weight is 749 g/mol. The van der Waals surface area contributed by atoms with Crippen LogP contribution in [0.2, 0.25) is 0 Å². The van der Waals surface area contributed by atoms with Crippen molar-refractivity contribution in [1.82, 2.24) is 0 Å². The molecule has 0 saturated heterocycles. The molecular formula is C48H48P4. The van der Waals surface area contributed by atoms with Crippen molar-refractivity contribution in [3.8, 4) is 0 Å². The molecule has 6 rings (SSSR count). The summed E-state index contributed by atoms with van der Waals surface area (Å²) in [5.41, 5.74) is 16.0. The summed E-state index contributed by atoms with van der Waals surface area (Å²) in [4.78, 5) is 0. The maximum absolute atomic E-state index is 2.45. The summed E-state index contributed by atoms with van der Waals surface area (Å²) in [6.07, 6.45) is 0. The zero-order chi connectivity index (χ0) is 36.9. The standard InChI is InChI=1S/C48H48P4/c1-31-22-34(4)46(35(5)23-31)49-28-40-16-10-13-19-43(40)52(44-20-14-11-17-41(44)29-50-47-36(6)24-32(2)25-37(47)7)45-21-15-12-18-42(45)30-51-48-38(8)26-33(3)27-39(48)9/h10-30H,1-9H3. The Morgan fingerprint density at radius 3 is 0.827 bits per heavy atom. The summed E-state index contributed by atoms with van der Waals surface area (Å²) in [5, 5.41) is 8.39. The first-order valence-electron chi connectivity index (χ1n) is 17.9. The van der Waals surface area contributed by atoms with E-state index >= 15 is 0 Å². The topological polar surface area (TPSA) is 0 Å². The lowest BCUT2D eigenvalue weighted by atomic mass is 10.1. The van der Waals surface area contributed by atoms with Gasteiger partial charge < -0.3 is 0 Å². The zero-order valence-corrected chi connectivity index (χ0v) is 35.5. The molecule has 0 saturated carbocycles. The van der Waals surface area contributed by atoms with Crippen molar-refractivity contribution in [2.45, 2.75) is 62.3 Å². The fourth-order valence-electron chi connectivity index (χ4n) is 7.32. The van der Waals surface area contributed by atoms with Crippen LogP contribution in [0.4, 0.5) is 0 Å². The maximum Gasteiger partial charge on any atom is 0.00766 e. The van der Waals surface area contributed by atoms with Gasteiger partial charge in [-0.3, -0.25) is 0 Å². The second-order valence-electron chi connectivity index (χ2n) is 14.0. The Morgan fingerprint density at radius 1 is 0.346 bits per heavy atom. The van der Waals surface area contributed by atoms with Gasteiger partial charge in [0, 0.05) is 15.9 Å². The number of benzene rings is 6. The fourth-order valence-corrected chi connectivity index (χ4v) is 13.4. The lowest BCUT2D eigenvalue weighted by molar-refractivity contribution is 1.36. The molecule has 0 aliphatic carbocycles. The summed E-state index contributed by atoms with van der Waals surface area (Å²) < 4.78 is 0. The summed E-state index contributed by atoms with van der Waals surface area (Å²) >= 11 is 0. The molecule has 0 aliphatic rings. The number of aryl methyl sites for hydroxylation is 9. The number of rotatable bonds is 9. The zero-order valence-electron chi connectivity index (χ0n) is 31.9. The van der Waals surface area contributed by atoms with E-state index < -0.39 is 7.92 Å². The summed E-state index contributed by atoms with van der Waals surface area (Å²) in [7, 11) is 2.76. The minimum Gasteiger partial charge on any atom is -0.0672 e. The molecule has 260 valence electrons. The van der Waals surface area contributed by atoms with Gasteiger partial charge >= 0.3 is 0 Å². The lowest BCUT2D eigenvalue weighted by Gasteiger charge is -2.25. The Morgan fingerprint density at radius 2 is 0.577 bits per heavy atom. The van der Waals surface area contributed by atoms with E-state index in [1.165, 1.54) is 123 Å². The quantitative estimate of drug-likeness (QED) is 0.129. The van der Waals surface area contributed by atoms with Crippen LogP contribution in [0, 0.1) is 62.3 Å². The Labute approximate surface area is 318 Å². The molecule has 0 bridgehead atoms. The van der Waals surface area contributed by atoms with Crippen molar-refractivity contribution >= 4 is 81.8 Å². The summed E-state index contributed by atoms with van der Waals surface area (Å²) in [6, 6.07) is 41.3. The molecule has 0 nitrogen and oxygen atoms in total. The predicted octanol–water partition coefficient (Wildman–Crippen LogP) is 10.5. The first-order chi connectivity index (χ1) is 25.0. The third kappa shape index (κ3) is 8.72. The molecule has 0 fully saturated rings. The highest BCUT2D eigenvalue weighted by atomic mass is 31.1. The molecular weight excluding hydrogens is 700 g/mol. The van der Waals surface area contributed by atoms with Gasteiger partial charge in [-0.15, -0.1) is 0 Å². The molecule has 0 spiro atoms. The van der Waals surface area contributed by atoms with Crippen molar-refractivity contribution in [3.63, 3.8) is 0 Å². The first-order valence-corrected chi connectivity index (χ1v) is 22.2. The van der Waals surface area contributed by atoms with E-state index in [1.54, 1.807) is 0 Å². The third-order valence-corrected chi connectivity index (χ3v) is 16.2. The van der Waals surface area contributed by atoms with E-state index in [0.717, 1.165) is 0 Å². The average Bonchev–Trinajstić information content (AvgIpc) is 3.09. The van der Waals surface area contributed by atoms with Crippen LogP contribution in [0.3, 0.4) is 0 Å². The van der Waals surface area contributed by atoms with Crippen LogP contribution in [0.1, 0.15) is 66.8 Å². The van der Waals surface area contributed by atoms with Crippen molar-refractivity contribution in [1.29, 1.82) is 0 Å². The Kier molecular flexibility index (Phi) is 12.4. The van der Waals surface area contributed by atoms with E-state index in [1.807, 2.05) is 0 Å². The van der Waals surface area contributed by atoms with Gasteiger partial charge in [0.2, 0.25) is 0 Å². The molecule has 0 aliphatic heterocycles. The minimum absolute atomic E-state index is 0.918. The van der Waals surface area contributed by atoms with Crippen molar-refractivity contribution in [2.75, 3.05) is 0 Å². The molecule has 0 N–H and O–H groups in total. The lowest BCUT2D eigenvalue weighted by Crippen LogP contribution is -2.27. The van der Waals surface area contributed by atoms with Crippen molar-refractivity contribution < 1.29 is 0 Å². The summed E-state index contributed by atoms with van der Waals surface area (Å²) in [6.45, 7) is 20.1. The molecule has 0 radical (unpaired) electrons. The van der Waals surface area contributed by atoms with Gasteiger partial charge in [-0.2, -0.15) is 0 Å². The first kappa shape index (κ1) is 38.0. The smallest absolute Gasteiger partial charge is 0.00766 e. The highest BCUT2D eigenvalue weighted by Gasteiger charge is 2.23. The van der Waals surface area contributed by atoms with Crippen LogP contribution in [0.25, 0.3) is 0 Å². The molecule has 4 heteroatoms. The second-order valence-corrected chi connectivity index (χ2v) is 19.0. The number of hydrogen-bond acceptors (Lipinski definition) is 0. The van der Waals surface area contributed by atoms with Crippen molar-refractivity contribution in [2.24, 2.45) is 0 Å². The molecule has 0 heterocycles. The van der Waals surface area contributed by atoms with E-state index in [-0.39, 0.29) is 0 Å². The van der Waals surface area contributed by atoms with Gasteiger partial charge in [0.1, 0.15) is 0 Å². The third-order valence-electron chi connectivity index (χ3n) is 9.44. The molecule has 0 unspecified atom stereocenters. The Hall–Kier alpha value is -3.74. The molecule has 6 aromatic carbocycles. The Balaban J connectivity index is 1.55. The van der Waals surface area contributed by atoms with Gasteiger partial charge in [-0.1, -0.05) is 150 Å². The van der Waals surface area contributed by atoms with Crippen LogP contribution in [0.15, 0.2) is 109 Å². The molecule has 52 heavy (non-hydrogen) atoms. The van der Waals surface area contributed by atoms with Crippen LogP contribution >= 0.6 is 32.5 Å². The van der Waals surface area contributed by atoms with E-state index in [0.29, 0.717) is 0 Å². The van der Waals surface area contributed by atoms with Crippen LogP contribution in [-0.2, 0) is 0 Å².